The first kappa shape index (κ1) is 9.26. The van der Waals surface area contributed by atoms with Gasteiger partial charge in [0.15, 0.2) is 0 Å². The molecule has 0 heterocycles. The van der Waals surface area contributed by atoms with E-state index in [1.807, 2.05) is 12.1 Å². The van der Waals surface area contributed by atoms with E-state index in [0.717, 1.165) is 11.1 Å². The largest absolute Gasteiger partial charge is 0.478 e. The average molecular weight is 229 g/mol. The van der Waals surface area contributed by atoms with Crippen molar-refractivity contribution in [3.8, 4) is 0 Å². The minimum Gasteiger partial charge on any atom is -0.478 e. The van der Waals surface area contributed by atoms with Gasteiger partial charge in [0.1, 0.15) is 0 Å². The molecule has 2 nitrogen and oxygen atoms in total. The number of alkyl halides is 1. The number of carbonyl (C=O) groups is 1. The standard InChI is InChI=1S/C9H9BrO2/c1-6-3-2-4-7(5-10)8(6)9(11)12/h2-4H,5H2,1H3,(H,11,12). The molecule has 0 saturated heterocycles. The van der Waals surface area contributed by atoms with Crippen LogP contribution in [-0.2, 0) is 5.33 Å². The fourth-order valence-electron chi connectivity index (χ4n) is 1.15. The van der Waals surface area contributed by atoms with Crippen LogP contribution < -0.4 is 0 Å². The highest BCUT2D eigenvalue weighted by molar-refractivity contribution is 9.08. The third-order valence-corrected chi connectivity index (χ3v) is 2.32. The van der Waals surface area contributed by atoms with Crippen molar-refractivity contribution in [1.29, 1.82) is 0 Å². The highest BCUT2D eigenvalue weighted by Crippen LogP contribution is 2.16. The summed E-state index contributed by atoms with van der Waals surface area (Å²) in [4.78, 5) is 10.8. The van der Waals surface area contributed by atoms with Gasteiger partial charge in [0.2, 0.25) is 0 Å². The molecule has 0 aliphatic heterocycles. The zero-order chi connectivity index (χ0) is 9.14. The topological polar surface area (TPSA) is 37.3 Å². The lowest BCUT2D eigenvalue weighted by molar-refractivity contribution is 0.0695. The predicted octanol–water partition coefficient (Wildman–Crippen LogP) is 2.59. The molecule has 0 bridgehead atoms. The number of carboxylic acids is 1. The molecule has 64 valence electrons. The van der Waals surface area contributed by atoms with E-state index in [1.54, 1.807) is 13.0 Å². The van der Waals surface area contributed by atoms with Crippen molar-refractivity contribution >= 4 is 21.9 Å². The molecule has 0 amide bonds. The van der Waals surface area contributed by atoms with Gasteiger partial charge in [0.05, 0.1) is 5.56 Å². The van der Waals surface area contributed by atoms with E-state index in [1.165, 1.54) is 0 Å². The first-order chi connectivity index (χ1) is 5.66. The molecule has 1 N–H and O–H groups in total. The molecule has 0 atom stereocenters. The molecule has 0 radical (unpaired) electrons. The smallest absolute Gasteiger partial charge is 0.336 e. The van der Waals surface area contributed by atoms with Crippen LogP contribution in [0.5, 0.6) is 0 Å². The molecule has 1 aromatic carbocycles. The van der Waals surface area contributed by atoms with Crippen molar-refractivity contribution in [3.63, 3.8) is 0 Å². The second-order valence-corrected chi connectivity index (χ2v) is 3.11. The average Bonchev–Trinajstić information content (AvgIpc) is 2.03. The van der Waals surface area contributed by atoms with Gasteiger partial charge < -0.3 is 5.11 Å². The Kier molecular flexibility index (Phi) is 2.87. The Morgan fingerprint density at radius 3 is 2.67 bits per heavy atom. The lowest BCUT2D eigenvalue weighted by Gasteiger charge is -2.04. The molecule has 0 spiro atoms. The number of hydrogen-bond donors (Lipinski definition) is 1. The summed E-state index contributed by atoms with van der Waals surface area (Å²) in [5, 5.41) is 9.44. The van der Waals surface area contributed by atoms with Crippen molar-refractivity contribution in [2.45, 2.75) is 12.3 Å². The van der Waals surface area contributed by atoms with Crippen LogP contribution in [-0.4, -0.2) is 11.1 Å². The minimum absolute atomic E-state index is 0.411. The van der Waals surface area contributed by atoms with Crippen LogP contribution >= 0.6 is 15.9 Å². The normalized spacial score (nSPS) is 9.83. The van der Waals surface area contributed by atoms with Crippen LogP contribution in [0, 0.1) is 6.92 Å². The number of aryl methyl sites for hydroxylation is 1. The van der Waals surface area contributed by atoms with Gasteiger partial charge in [-0.3, -0.25) is 0 Å². The number of halogens is 1. The zero-order valence-corrected chi connectivity index (χ0v) is 8.26. The Morgan fingerprint density at radius 2 is 2.25 bits per heavy atom. The van der Waals surface area contributed by atoms with E-state index in [4.69, 9.17) is 5.11 Å². The molecule has 0 saturated carbocycles. The van der Waals surface area contributed by atoms with Crippen LogP contribution in [0.25, 0.3) is 0 Å². The predicted molar refractivity (Wildman–Crippen MR) is 50.8 cm³/mol. The van der Waals surface area contributed by atoms with E-state index in [0.29, 0.717) is 10.9 Å². The SMILES string of the molecule is Cc1cccc(CBr)c1C(=O)O. The second-order valence-electron chi connectivity index (χ2n) is 2.55. The van der Waals surface area contributed by atoms with Gasteiger partial charge in [-0.2, -0.15) is 0 Å². The van der Waals surface area contributed by atoms with Gasteiger partial charge in [-0.1, -0.05) is 34.1 Å². The quantitative estimate of drug-likeness (QED) is 0.791. The summed E-state index contributed by atoms with van der Waals surface area (Å²) in [5.41, 5.74) is 2.04. The Labute approximate surface area is 79.3 Å². The highest BCUT2D eigenvalue weighted by atomic mass is 79.9. The van der Waals surface area contributed by atoms with Gasteiger partial charge in [-0.25, -0.2) is 4.79 Å². The van der Waals surface area contributed by atoms with E-state index in [9.17, 15) is 4.79 Å². The lowest BCUT2D eigenvalue weighted by atomic mass is 10.0. The first-order valence-electron chi connectivity index (χ1n) is 3.54. The Hall–Kier alpha value is -0.830. The maximum Gasteiger partial charge on any atom is 0.336 e. The van der Waals surface area contributed by atoms with Gasteiger partial charge in [-0.05, 0) is 18.1 Å². The summed E-state index contributed by atoms with van der Waals surface area (Å²) in [6.45, 7) is 1.80. The maximum atomic E-state index is 10.8. The van der Waals surface area contributed by atoms with Gasteiger partial charge in [0, 0.05) is 5.33 Å². The maximum absolute atomic E-state index is 10.8. The van der Waals surface area contributed by atoms with Crippen molar-refractivity contribution in [2.75, 3.05) is 0 Å². The molecular weight excluding hydrogens is 220 g/mol. The molecular formula is C9H9BrO2. The highest BCUT2D eigenvalue weighted by Gasteiger charge is 2.10. The zero-order valence-electron chi connectivity index (χ0n) is 6.67. The molecule has 0 aliphatic carbocycles. The lowest BCUT2D eigenvalue weighted by Crippen LogP contribution is -2.03. The Morgan fingerprint density at radius 1 is 1.58 bits per heavy atom. The fraction of sp³-hybridized carbons (Fsp3) is 0.222. The summed E-state index contributed by atoms with van der Waals surface area (Å²) in [5.74, 6) is -0.859. The van der Waals surface area contributed by atoms with E-state index < -0.39 is 5.97 Å². The summed E-state index contributed by atoms with van der Waals surface area (Å²) in [7, 11) is 0. The number of benzene rings is 1. The van der Waals surface area contributed by atoms with E-state index in [-0.39, 0.29) is 0 Å². The van der Waals surface area contributed by atoms with Crippen molar-refractivity contribution in [1.82, 2.24) is 0 Å². The van der Waals surface area contributed by atoms with Crippen LogP contribution in [0.15, 0.2) is 18.2 Å². The molecule has 12 heavy (non-hydrogen) atoms. The molecule has 1 aromatic rings. The Balaban J connectivity index is 3.29. The fourth-order valence-corrected chi connectivity index (χ4v) is 1.61. The Bertz CT molecular complexity index is 307. The van der Waals surface area contributed by atoms with Crippen molar-refractivity contribution < 1.29 is 9.90 Å². The summed E-state index contributed by atoms with van der Waals surface area (Å²) >= 11 is 3.25. The first-order valence-corrected chi connectivity index (χ1v) is 4.66. The second kappa shape index (κ2) is 3.72. The molecule has 3 heteroatoms. The van der Waals surface area contributed by atoms with Gasteiger partial charge in [-0.15, -0.1) is 0 Å². The van der Waals surface area contributed by atoms with Crippen LogP contribution in [0.2, 0.25) is 0 Å². The number of rotatable bonds is 2. The monoisotopic (exact) mass is 228 g/mol. The van der Waals surface area contributed by atoms with Crippen LogP contribution in [0.3, 0.4) is 0 Å². The molecule has 0 aliphatic rings. The summed E-state index contributed by atoms with van der Waals surface area (Å²) in [6.07, 6.45) is 0. The summed E-state index contributed by atoms with van der Waals surface area (Å²) in [6, 6.07) is 5.47. The van der Waals surface area contributed by atoms with Gasteiger partial charge in [0.25, 0.3) is 0 Å². The van der Waals surface area contributed by atoms with Crippen molar-refractivity contribution in [3.05, 3.63) is 34.9 Å². The molecule has 0 aromatic heterocycles. The van der Waals surface area contributed by atoms with E-state index in [2.05, 4.69) is 15.9 Å². The molecule has 0 unspecified atom stereocenters. The summed E-state index contributed by atoms with van der Waals surface area (Å²) < 4.78 is 0. The number of carboxylic acid groups (broad SMARTS) is 1. The number of hydrogen-bond acceptors (Lipinski definition) is 1. The van der Waals surface area contributed by atoms with Crippen LogP contribution in [0.4, 0.5) is 0 Å². The third kappa shape index (κ3) is 1.67. The molecule has 0 fully saturated rings. The third-order valence-electron chi connectivity index (χ3n) is 1.72. The number of aromatic carboxylic acids is 1. The van der Waals surface area contributed by atoms with E-state index >= 15 is 0 Å². The van der Waals surface area contributed by atoms with Crippen LogP contribution in [0.1, 0.15) is 21.5 Å². The molecule has 1 rings (SSSR count). The van der Waals surface area contributed by atoms with Gasteiger partial charge >= 0.3 is 5.97 Å². The van der Waals surface area contributed by atoms with Crippen molar-refractivity contribution in [2.24, 2.45) is 0 Å². The minimum atomic E-state index is -0.859.